The van der Waals surface area contributed by atoms with Crippen LogP contribution < -0.4 is 9.47 Å². The van der Waals surface area contributed by atoms with E-state index in [1.54, 1.807) is 19.5 Å². The van der Waals surface area contributed by atoms with E-state index in [0.717, 1.165) is 39.7 Å². The maximum atomic E-state index is 13.8. The molecule has 1 N–H and O–H groups in total. The monoisotopic (exact) mass is 485 g/mol. The molecule has 0 unspecified atom stereocenters. The molecular formula is C29H31N3O4. The number of benzene rings is 2. The van der Waals surface area contributed by atoms with E-state index in [2.05, 4.69) is 16.9 Å². The summed E-state index contributed by atoms with van der Waals surface area (Å²) < 4.78 is 17.1. The molecular weight excluding hydrogens is 454 g/mol. The van der Waals surface area contributed by atoms with Crippen LogP contribution in [0.3, 0.4) is 0 Å². The number of H-pyrrole nitrogens is 1. The van der Waals surface area contributed by atoms with E-state index in [-0.39, 0.29) is 12.0 Å². The molecule has 5 rings (SSSR count). The highest BCUT2D eigenvalue weighted by atomic mass is 16.6. The highest BCUT2D eigenvalue weighted by Gasteiger charge is 2.21. The van der Waals surface area contributed by atoms with Crippen LogP contribution in [0.5, 0.6) is 11.5 Å². The summed E-state index contributed by atoms with van der Waals surface area (Å²) in [5.74, 6) is 1.29. The number of rotatable bonds is 8. The van der Waals surface area contributed by atoms with E-state index < -0.39 is 0 Å². The maximum Gasteiger partial charge on any atom is 0.254 e. The molecule has 0 bridgehead atoms. The Kier molecular flexibility index (Phi) is 6.91. The summed E-state index contributed by atoms with van der Waals surface area (Å²) in [6.07, 6.45) is 4.43. The molecule has 7 heteroatoms. The van der Waals surface area contributed by atoms with E-state index in [1.165, 1.54) is 0 Å². The summed E-state index contributed by atoms with van der Waals surface area (Å²) in [7, 11) is 1.63. The SMILES string of the molecule is COc1cc(CN(Cc2cccnc2)C(=O)c2ccc3[nH]c(C)c(C)c3c2)ccc1O[C@@H]1CCOC1. The molecule has 1 fully saturated rings. The van der Waals surface area contributed by atoms with Gasteiger partial charge in [-0.05, 0) is 66.9 Å². The molecule has 0 saturated carbocycles. The molecule has 1 aliphatic rings. The molecule has 4 aromatic rings. The van der Waals surface area contributed by atoms with Crippen LogP contribution in [0.1, 0.15) is 39.2 Å². The third kappa shape index (κ3) is 5.06. The molecule has 0 aliphatic carbocycles. The quantitative estimate of drug-likeness (QED) is 0.371. The van der Waals surface area contributed by atoms with Crippen LogP contribution in [0.15, 0.2) is 60.9 Å². The Balaban J connectivity index is 1.43. The van der Waals surface area contributed by atoms with Gasteiger partial charge >= 0.3 is 0 Å². The van der Waals surface area contributed by atoms with Crippen LogP contribution in [0, 0.1) is 13.8 Å². The topological polar surface area (TPSA) is 76.7 Å². The summed E-state index contributed by atoms with van der Waals surface area (Å²) >= 11 is 0. The van der Waals surface area contributed by atoms with Crippen molar-refractivity contribution in [2.75, 3.05) is 20.3 Å². The van der Waals surface area contributed by atoms with Gasteiger partial charge in [-0.1, -0.05) is 12.1 Å². The Bertz CT molecular complexity index is 1360. The van der Waals surface area contributed by atoms with Crippen molar-refractivity contribution in [3.8, 4) is 11.5 Å². The van der Waals surface area contributed by atoms with Crippen LogP contribution in [0.2, 0.25) is 0 Å². The zero-order chi connectivity index (χ0) is 25.1. The predicted octanol–water partition coefficient (Wildman–Crippen LogP) is 5.20. The second-order valence-electron chi connectivity index (χ2n) is 9.25. The number of hydrogen-bond donors (Lipinski definition) is 1. The molecule has 1 amide bonds. The Morgan fingerprint density at radius 1 is 1.11 bits per heavy atom. The molecule has 2 aromatic carbocycles. The highest BCUT2D eigenvalue weighted by Crippen LogP contribution is 2.31. The van der Waals surface area contributed by atoms with Crippen molar-refractivity contribution in [2.24, 2.45) is 0 Å². The van der Waals surface area contributed by atoms with E-state index in [1.807, 2.05) is 60.4 Å². The largest absolute Gasteiger partial charge is 0.493 e. The second-order valence-corrected chi connectivity index (χ2v) is 9.25. The summed E-state index contributed by atoms with van der Waals surface area (Å²) in [4.78, 5) is 23.2. The predicted molar refractivity (Wildman–Crippen MR) is 138 cm³/mol. The van der Waals surface area contributed by atoms with Gasteiger partial charge in [0.15, 0.2) is 11.5 Å². The summed E-state index contributed by atoms with van der Waals surface area (Å²) in [6, 6.07) is 15.6. The lowest BCUT2D eigenvalue weighted by Gasteiger charge is -2.24. The zero-order valence-electron chi connectivity index (χ0n) is 20.9. The first-order chi connectivity index (χ1) is 17.5. The van der Waals surface area contributed by atoms with Crippen LogP contribution in [0.4, 0.5) is 0 Å². The molecule has 1 saturated heterocycles. The minimum Gasteiger partial charge on any atom is -0.493 e. The summed E-state index contributed by atoms with van der Waals surface area (Å²) in [5, 5.41) is 1.07. The normalized spacial score (nSPS) is 15.2. The van der Waals surface area contributed by atoms with Crippen molar-refractivity contribution < 1.29 is 19.0 Å². The zero-order valence-corrected chi connectivity index (χ0v) is 20.9. The van der Waals surface area contributed by atoms with Crippen molar-refractivity contribution in [3.05, 3.63) is 88.9 Å². The Morgan fingerprint density at radius 3 is 2.72 bits per heavy atom. The third-order valence-electron chi connectivity index (χ3n) is 6.72. The number of pyridine rings is 1. The number of aryl methyl sites for hydroxylation is 2. The molecule has 7 nitrogen and oxygen atoms in total. The lowest BCUT2D eigenvalue weighted by Crippen LogP contribution is -2.30. The molecule has 36 heavy (non-hydrogen) atoms. The fourth-order valence-corrected chi connectivity index (χ4v) is 4.60. The van der Waals surface area contributed by atoms with Gasteiger partial charge in [0.25, 0.3) is 5.91 Å². The van der Waals surface area contributed by atoms with E-state index in [9.17, 15) is 4.79 Å². The number of aromatic amines is 1. The van der Waals surface area contributed by atoms with Gasteiger partial charge in [-0.25, -0.2) is 0 Å². The molecule has 0 radical (unpaired) electrons. The molecule has 186 valence electrons. The third-order valence-corrected chi connectivity index (χ3v) is 6.72. The van der Waals surface area contributed by atoms with E-state index in [0.29, 0.717) is 43.4 Å². The number of fused-ring (bicyclic) bond motifs is 1. The second kappa shape index (κ2) is 10.4. The fourth-order valence-electron chi connectivity index (χ4n) is 4.60. The minimum atomic E-state index is -0.0404. The minimum absolute atomic E-state index is 0.0313. The van der Waals surface area contributed by atoms with Crippen molar-refractivity contribution in [2.45, 2.75) is 39.5 Å². The van der Waals surface area contributed by atoms with Crippen LogP contribution >= 0.6 is 0 Å². The average Bonchev–Trinajstić information content (AvgIpc) is 3.52. The van der Waals surface area contributed by atoms with Crippen molar-refractivity contribution in [3.63, 3.8) is 0 Å². The van der Waals surface area contributed by atoms with Gasteiger partial charge in [0.05, 0.1) is 20.3 Å². The fraction of sp³-hybridized carbons (Fsp3) is 0.310. The number of hydrogen-bond acceptors (Lipinski definition) is 5. The number of amides is 1. The van der Waals surface area contributed by atoms with Crippen LogP contribution in [-0.2, 0) is 17.8 Å². The Hall–Kier alpha value is -3.84. The number of aromatic nitrogens is 2. The lowest BCUT2D eigenvalue weighted by atomic mass is 10.1. The maximum absolute atomic E-state index is 13.8. The lowest BCUT2D eigenvalue weighted by molar-refractivity contribution is 0.0730. The van der Waals surface area contributed by atoms with Gasteiger partial charge in [0.2, 0.25) is 0 Å². The highest BCUT2D eigenvalue weighted by molar-refractivity contribution is 5.99. The summed E-state index contributed by atoms with van der Waals surface area (Å²) in [6.45, 7) is 6.28. The first kappa shape index (κ1) is 23.9. The van der Waals surface area contributed by atoms with Crippen molar-refractivity contribution in [1.29, 1.82) is 0 Å². The van der Waals surface area contributed by atoms with Crippen molar-refractivity contribution in [1.82, 2.24) is 14.9 Å². The number of carbonyl (C=O) groups excluding carboxylic acids is 1. The first-order valence-electron chi connectivity index (χ1n) is 12.2. The van der Waals surface area contributed by atoms with Gasteiger partial charge in [-0.2, -0.15) is 0 Å². The van der Waals surface area contributed by atoms with Gasteiger partial charge in [-0.3, -0.25) is 9.78 Å². The smallest absolute Gasteiger partial charge is 0.254 e. The molecule has 2 aromatic heterocycles. The first-order valence-corrected chi connectivity index (χ1v) is 12.2. The molecule has 3 heterocycles. The Labute approximate surface area is 211 Å². The molecule has 1 aliphatic heterocycles. The van der Waals surface area contributed by atoms with Crippen LogP contribution in [0.25, 0.3) is 10.9 Å². The van der Waals surface area contributed by atoms with Crippen molar-refractivity contribution >= 4 is 16.8 Å². The number of methoxy groups -OCH3 is 1. The van der Waals surface area contributed by atoms with E-state index in [4.69, 9.17) is 14.2 Å². The van der Waals surface area contributed by atoms with Crippen LogP contribution in [-0.4, -0.2) is 47.2 Å². The number of nitrogens with zero attached hydrogens (tertiary/aromatic N) is 2. The van der Waals surface area contributed by atoms with Gasteiger partial charge in [-0.15, -0.1) is 0 Å². The summed E-state index contributed by atoms with van der Waals surface area (Å²) in [5.41, 5.74) is 5.88. The average molecular weight is 486 g/mol. The van der Waals surface area contributed by atoms with Gasteiger partial charge in [0.1, 0.15) is 6.10 Å². The number of nitrogens with one attached hydrogen (secondary N) is 1. The number of carbonyl (C=O) groups is 1. The molecule has 1 atom stereocenters. The standard InChI is InChI=1S/C29H31N3O4/c1-19-20(2)31-26-8-7-23(14-25(19)26)29(33)32(17-22-5-4-11-30-15-22)16-21-6-9-27(28(13-21)34-3)36-24-10-12-35-18-24/h4-9,11,13-15,24,31H,10,12,16-18H2,1-3H3/t24-/m1/s1. The molecule has 0 spiro atoms. The Morgan fingerprint density at radius 2 is 1.97 bits per heavy atom. The van der Waals surface area contributed by atoms with Gasteiger partial charge < -0.3 is 24.1 Å². The van der Waals surface area contributed by atoms with E-state index >= 15 is 0 Å². The van der Waals surface area contributed by atoms with Gasteiger partial charge in [0, 0.05) is 54.1 Å². The number of ether oxygens (including phenoxy) is 3.